The normalized spacial score (nSPS) is 10.4. The third kappa shape index (κ3) is 3.86. The number of nitrogen functional groups attached to an aromatic ring is 1. The lowest BCUT2D eigenvalue weighted by Crippen LogP contribution is -2.10. The summed E-state index contributed by atoms with van der Waals surface area (Å²) >= 11 is 1.37. The van der Waals surface area contributed by atoms with Gasteiger partial charge in [0, 0.05) is 22.2 Å². The number of nitrogens with two attached hydrogens (primary N) is 1. The molecule has 28 heavy (non-hydrogen) atoms. The number of methoxy groups -OCH3 is 3. The first-order valence-corrected chi connectivity index (χ1v) is 9.14. The van der Waals surface area contributed by atoms with Gasteiger partial charge in [0.25, 0.3) is 0 Å². The minimum atomic E-state index is -0.543. The molecule has 3 rings (SSSR count). The van der Waals surface area contributed by atoms with Crippen molar-refractivity contribution in [3.8, 4) is 33.6 Å². The van der Waals surface area contributed by atoms with E-state index in [4.69, 9.17) is 24.7 Å². The third-order valence-electron chi connectivity index (χ3n) is 3.97. The Morgan fingerprint density at radius 2 is 1.71 bits per heavy atom. The fraction of sp³-hybridized carbons (Fsp3) is 0.200. The fourth-order valence-electron chi connectivity index (χ4n) is 2.65. The quantitative estimate of drug-likeness (QED) is 0.380. The molecular formula is C20H20N2O5S. The number of nitrogens with zero attached hydrogens (tertiary/aromatic N) is 1. The van der Waals surface area contributed by atoms with E-state index >= 15 is 0 Å². The van der Waals surface area contributed by atoms with Crippen molar-refractivity contribution in [1.29, 1.82) is 0 Å². The van der Waals surface area contributed by atoms with Crippen LogP contribution in [-0.4, -0.2) is 32.3 Å². The Labute approximate surface area is 166 Å². The highest BCUT2D eigenvalue weighted by atomic mass is 32.1. The van der Waals surface area contributed by atoms with Gasteiger partial charge in [-0.25, -0.2) is 9.78 Å². The predicted molar refractivity (Wildman–Crippen MR) is 108 cm³/mol. The molecule has 3 aromatic rings. The molecule has 2 N–H and O–H groups in total. The third-order valence-corrected chi connectivity index (χ3v) is 4.99. The van der Waals surface area contributed by atoms with Crippen molar-refractivity contribution in [3.05, 3.63) is 47.0 Å². The van der Waals surface area contributed by atoms with Crippen molar-refractivity contribution in [2.24, 2.45) is 0 Å². The second-order valence-corrected chi connectivity index (χ2v) is 7.00. The summed E-state index contributed by atoms with van der Waals surface area (Å²) in [6.07, 6.45) is 0. The van der Waals surface area contributed by atoms with Gasteiger partial charge < -0.3 is 24.7 Å². The average Bonchev–Trinajstić information content (AvgIpc) is 3.08. The van der Waals surface area contributed by atoms with Crippen LogP contribution in [0.4, 0.5) is 5.69 Å². The monoisotopic (exact) mass is 400 g/mol. The molecule has 146 valence electrons. The molecule has 1 aromatic heterocycles. The largest absolute Gasteiger partial charge is 0.493 e. The van der Waals surface area contributed by atoms with Crippen molar-refractivity contribution in [1.82, 2.24) is 4.98 Å². The Morgan fingerprint density at radius 1 is 1.04 bits per heavy atom. The molecule has 0 aliphatic carbocycles. The summed E-state index contributed by atoms with van der Waals surface area (Å²) in [6, 6.07) is 10.2. The number of benzene rings is 2. The molecule has 0 amide bonds. The van der Waals surface area contributed by atoms with Crippen LogP contribution in [0.25, 0.3) is 10.6 Å². The van der Waals surface area contributed by atoms with Crippen LogP contribution in [0.5, 0.6) is 23.0 Å². The second-order valence-electron chi connectivity index (χ2n) is 5.80. The Hall–Kier alpha value is -3.26. The lowest BCUT2D eigenvalue weighted by molar-refractivity contribution is 0.0729. The van der Waals surface area contributed by atoms with Gasteiger partial charge in [-0.05, 0) is 31.2 Å². The molecular weight excluding hydrogens is 380 g/mol. The molecule has 0 bridgehead atoms. The first-order valence-electron chi connectivity index (χ1n) is 8.32. The number of ether oxygens (including phenoxy) is 4. The molecule has 2 aromatic carbocycles. The van der Waals surface area contributed by atoms with Gasteiger partial charge >= 0.3 is 5.97 Å². The Bertz CT molecular complexity index is 991. The van der Waals surface area contributed by atoms with E-state index in [-0.39, 0.29) is 5.69 Å². The van der Waals surface area contributed by atoms with E-state index in [0.717, 1.165) is 10.4 Å². The predicted octanol–water partition coefficient (Wildman–Crippen LogP) is 3.95. The molecule has 8 heteroatoms. The van der Waals surface area contributed by atoms with Gasteiger partial charge in [0.05, 0.1) is 21.3 Å². The van der Waals surface area contributed by atoms with Gasteiger partial charge in [-0.3, -0.25) is 0 Å². The van der Waals surface area contributed by atoms with Gasteiger partial charge in [0.1, 0.15) is 10.8 Å². The SMILES string of the molecule is COc1cc(-c2nc(C(=O)Oc3cccc(N)c3)c(C)s2)cc(OC)c1OC. The molecule has 0 aliphatic heterocycles. The van der Waals surface area contributed by atoms with E-state index in [0.29, 0.717) is 33.7 Å². The number of hydrogen-bond donors (Lipinski definition) is 1. The number of aromatic nitrogens is 1. The summed E-state index contributed by atoms with van der Waals surface area (Å²) in [5.74, 6) is 1.33. The lowest BCUT2D eigenvalue weighted by atomic mass is 10.2. The van der Waals surface area contributed by atoms with Gasteiger partial charge in [-0.2, -0.15) is 0 Å². The highest BCUT2D eigenvalue weighted by molar-refractivity contribution is 7.15. The maximum atomic E-state index is 12.5. The van der Waals surface area contributed by atoms with E-state index < -0.39 is 5.97 Å². The molecule has 0 spiro atoms. The first kappa shape index (κ1) is 19.5. The zero-order valence-electron chi connectivity index (χ0n) is 15.9. The summed E-state index contributed by atoms with van der Waals surface area (Å²) < 4.78 is 21.5. The molecule has 0 unspecified atom stereocenters. The van der Waals surface area contributed by atoms with Gasteiger partial charge in [0.2, 0.25) is 5.75 Å². The van der Waals surface area contributed by atoms with Crippen LogP contribution in [0.3, 0.4) is 0 Å². The summed E-state index contributed by atoms with van der Waals surface area (Å²) in [7, 11) is 4.63. The zero-order chi connectivity index (χ0) is 20.3. The van der Waals surface area contributed by atoms with Gasteiger partial charge in [0.15, 0.2) is 17.2 Å². The van der Waals surface area contributed by atoms with E-state index in [1.54, 1.807) is 50.6 Å². The van der Waals surface area contributed by atoms with Crippen molar-refractivity contribution in [2.45, 2.75) is 6.92 Å². The van der Waals surface area contributed by atoms with Crippen LogP contribution in [0.15, 0.2) is 36.4 Å². The minimum absolute atomic E-state index is 0.246. The molecule has 0 aliphatic rings. The average molecular weight is 400 g/mol. The molecule has 0 saturated heterocycles. The summed E-state index contributed by atoms with van der Waals surface area (Å²) in [6.45, 7) is 1.81. The van der Waals surface area contributed by atoms with Crippen molar-refractivity contribution in [2.75, 3.05) is 27.1 Å². The van der Waals surface area contributed by atoms with E-state index in [2.05, 4.69) is 4.98 Å². The van der Waals surface area contributed by atoms with Gasteiger partial charge in [-0.15, -0.1) is 11.3 Å². The summed E-state index contributed by atoms with van der Waals surface area (Å²) in [4.78, 5) is 17.7. The standard InChI is InChI=1S/C20H20N2O5S/c1-11-17(20(23)27-14-7-5-6-13(21)10-14)22-19(28-11)12-8-15(24-2)18(26-4)16(9-12)25-3/h5-10H,21H2,1-4H3. The first-order chi connectivity index (χ1) is 13.5. The summed E-state index contributed by atoms with van der Waals surface area (Å²) in [5, 5.41) is 0.635. The number of thiazole rings is 1. The van der Waals surface area contributed by atoms with Crippen LogP contribution in [0, 0.1) is 6.92 Å². The second kappa shape index (κ2) is 8.18. The fourth-order valence-corrected chi connectivity index (χ4v) is 3.54. The van der Waals surface area contributed by atoms with Crippen LogP contribution in [-0.2, 0) is 0 Å². The topological polar surface area (TPSA) is 92.9 Å². The van der Waals surface area contributed by atoms with E-state index in [9.17, 15) is 4.79 Å². The smallest absolute Gasteiger partial charge is 0.363 e. The number of aryl methyl sites for hydroxylation is 1. The number of anilines is 1. The Balaban J connectivity index is 1.95. The zero-order valence-corrected chi connectivity index (χ0v) is 16.8. The number of esters is 1. The van der Waals surface area contributed by atoms with Crippen LogP contribution in [0.2, 0.25) is 0 Å². The molecule has 7 nitrogen and oxygen atoms in total. The van der Waals surface area contributed by atoms with Crippen LogP contribution in [0.1, 0.15) is 15.4 Å². The Kier molecular flexibility index (Phi) is 5.70. The number of carbonyl (C=O) groups excluding carboxylic acids is 1. The van der Waals surface area contributed by atoms with Crippen molar-refractivity contribution in [3.63, 3.8) is 0 Å². The summed E-state index contributed by atoms with van der Waals surface area (Å²) in [5.41, 5.74) is 7.22. The van der Waals surface area contributed by atoms with E-state index in [1.807, 2.05) is 6.92 Å². The molecule has 0 atom stereocenters. The minimum Gasteiger partial charge on any atom is -0.493 e. The van der Waals surface area contributed by atoms with E-state index in [1.165, 1.54) is 18.4 Å². The number of rotatable bonds is 6. The van der Waals surface area contributed by atoms with Crippen LogP contribution >= 0.6 is 11.3 Å². The van der Waals surface area contributed by atoms with Crippen molar-refractivity contribution < 1.29 is 23.7 Å². The maximum absolute atomic E-state index is 12.5. The number of carbonyl (C=O) groups is 1. The highest BCUT2D eigenvalue weighted by Gasteiger charge is 2.21. The maximum Gasteiger partial charge on any atom is 0.363 e. The highest BCUT2D eigenvalue weighted by Crippen LogP contribution is 2.42. The molecule has 0 saturated carbocycles. The Morgan fingerprint density at radius 3 is 2.29 bits per heavy atom. The molecule has 1 heterocycles. The van der Waals surface area contributed by atoms with Crippen LogP contribution < -0.4 is 24.7 Å². The van der Waals surface area contributed by atoms with Gasteiger partial charge in [-0.1, -0.05) is 6.07 Å². The van der Waals surface area contributed by atoms with Crippen molar-refractivity contribution >= 4 is 23.0 Å². The molecule has 0 radical (unpaired) electrons. The lowest BCUT2D eigenvalue weighted by Gasteiger charge is -2.13. The number of hydrogen-bond acceptors (Lipinski definition) is 8. The molecule has 0 fully saturated rings.